The predicted molar refractivity (Wildman–Crippen MR) is 80.8 cm³/mol. The molecule has 0 bridgehead atoms. The molecule has 2 aromatic rings. The van der Waals surface area contributed by atoms with Gasteiger partial charge in [0, 0.05) is 4.47 Å². The van der Waals surface area contributed by atoms with E-state index in [4.69, 9.17) is 0 Å². The SMILES string of the molecule is CCNC(c1cccc(F)c1)c1cc(C)ccc1Br. The third kappa shape index (κ3) is 3.43. The van der Waals surface area contributed by atoms with E-state index in [9.17, 15) is 4.39 Å². The van der Waals surface area contributed by atoms with Crippen molar-refractivity contribution in [1.29, 1.82) is 0 Å². The van der Waals surface area contributed by atoms with Gasteiger partial charge in [-0.05, 0) is 42.8 Å². The predicted octanol–water partition coefficient (Wildman–Crippen LogP) is 4.60. The zero-order chi connectivity index (χ0) is 13.8. The summed E-state index contributed by atoms with van der Waals surface area (Å²) in [4.78, 5) is 0. The van der Waals surface area contributed by atoms with E-state index in [2.05, 4.69) is 47.2 Å². The topological polar surface area (TPSA) is 12.0 Å². The first kappa shape index (κ1) is 14.2. The summed E-state index contributed by atoms with van der Waals surface area (Å²) in [5, 5.41) is 3.41. The summed E-state index contributed by atoms with van der Waals surface area (Å²) in [6.07, 6.45) is 0. The molecule has 0 aliphatic carbocycles. The molecule has 1 unspecified atom stereocenters. The molecule has 0 spiro atoms. The molecule has 0 radical (unpaired) electrons. The zero-order valence-electron chi connectivity index (χ0n) is 11.1. The van der Waals surface area contributed by atoms with Gasteiger partial charge < -0.3 is 5.32 Å². The van der Waals surface area contributed by atoms with Gasteiger partial charge in [-0.25, -0.2) is 4.39 Å². The Labute approximate surface area is 122 Å². The molecular formula is C16H17BrFN. The number of aryl methyl sites for hydroxylation is 1. The molecule has 2 rings (SSSR count). The third-order valence-electron chi connectivity index (χ3n) is 3.05. The lowest BCUT2D eigenvalue weighted by atomic mass is 9.97. The van der Waals surface area contributed by atoms with Crippen molar-refractivity contribution in [2.24, 2.45) is 0 Å². The van der Waals surface area contributed by atoms with Crippen LogP contribution in [0.1, 0.15) is 29.7 Å². The van der Waals surface area contributed by atoms with Crippen LogP contribution < -0.4 is 5.32 Å². The fraction of sp³-hybridized carbons (Fsp3) is 0.250. The number of hydrogen-bond donors (Lipinski definition) is 1. The normalized spacial score (nSPS) is 12.4. The van der Waals surface area contributed by atoms with E-state index < -0.39 is 0 Å². The maximum atomic E-state index is 13.4. The third-order valence-corrected chi connectivity index (χ3v) is 3.77. The lowest BCUT2D eigenvalue weighted by Gasteiger charge is -2.21. The summed E-state index contributed by atoms with van der Waals surface area (Å²) in [5.41, 5.74) is 3.26. The van der Waals surface area contributed by atoms with E-state index in [-0.39, 0.29) is 11.9 Å². The molecule has 1 N–H and O–H groups in total. The van der Waals surface area contributed by atoms with Crippen molar-refractivity contribution < 1.29 is 4.39 Å². The minimum Gasteiger partial charge on any atom is -0.306 e. The first-order valence-electron chi connectivity index (χ1n) is 6.36. The Morgan fingerprint density at radius 2 is 2.00 bits per heavy atom. The molecule has 3 heteroatoms. The van der Waals surface area contributed by atoms with Crippen molar-refractivity contribution in [1.82, 2.24) is 5.32 Å². The smallest absolute Gasteiger partial charge is 0.123 e. The summed E-state index contributed by atoms with van der Waals surface area (Å²) in [5.74, 6) is -0.204. The fourth-order valence-corrected chi connectivity index (χ4v) is 2.66. The fourth-order valence-electron chi connectivity index (χ4n) is 2.18. The number of halogens is 2. The van der Waals surface area contributed by atoms with E-state index in [1.165, 1.54) is 11.6 Å². The van der Waals surface area contributed by atoms with Crippen LogP contribution in [0.4, 0.5) is 4.39 Å². The number of benzene rings is 2. The molecule has 0 aliphatic rings. The summed E-state index contributed by atoms with van der Waals surface area (Å²) in [6.45, 7) is 4.93. The van der Waals surface area contributed by atoms with Gasteiger partial charge in [0.25, 0.3) is 0 Å². The lowest BCUT2D eigenvalue weighted by molar-refractivity contribution is 0.602. The van der Waals surface area contributed by atoms with Gasteiger partial charge in [-0.1, -0.05) is 52.7 Å². The Bertz CT molecular complexity index is 568. The highest BCUT2D eigenvalue weighted by atomic mass is 79.9. The maximum Gasteiger partial charge on any atom is 0.123 e. The minimum absolute atomic E-state index is 0.00465. The van der Waals surface area contributed by atoms with Gasteiger partial charge in [-0.2, -0.15) is 0 Å². The second-order valence-electron chi connectivity index (χ2n) is 4.57. The van der Waals surface area contributed by atoms with Crippen LogP contribution >= 0.6 is 15.9 Å². The molecule has 100 valence electrons. The van der Waals surface area contributed by atoms with E-state index in [0.717, 1.165) is 22.1 Å². The van der Waals surface area contributed by atoms with Crippen molar-refractivity contribution in [3.8, 4) is 0 Å². The summed E-state index contributed by atoms with van der Waals surface area (Å²) >= 11 is 3.58. The largest absolute Gasteiger partial charge is 0.306 e. The van der Waals surface area contributed by atoms with Crippen LogP contribution in [0.5, 0.6) is 0 Å². The van der Waals surface area contributed by atoms with Crippen molar-refractivity contribution in [2.75, 3.05) is 6.54 Å². The minimum atomic E-state index is -0.204. The standard InChI is InChI=1S/C16H17BrFN/c1-3-19-16(12-5-4-6-13(18)10-12)14-9-11(2)7-8-15(14)17/h4-10,16,19H,3H2,1-2H3. The maximum absolute atomic E-state index is 13.4. The van der Waals surface area contributed by atoms with Crippen molar-refractivity contribution in [2.45, 2.75) is 19.9 Å². The molecule has 0 amide bonds. The molecule has 0 saturated heterocycles. The van der Waals surface area contributed by atoms with Crippen LogP contribution in [0.25, 0.3) is 0 Å². The Balaban J connectivity index is 2.48. The monoisotopic (exact) mass is 321 g/mol. The summed E-state index contributed by atoms with van der Waals surface area (Å²) in [7, 11) is 0. The van der Waals surface area contributed by atoms with Crippen molar-refractivity contribution >= 4 is 15.9 Å². The van der Waals surface area contributed by atoms with E-state index in [0.29, 0.717) is 0 Å². The molecule has 1 nitrogen and oxygen atoms in total. The van der Waals surface area contributed by atoms with Crippen molar-refractivity contribution in [3.05, 3.63) is 69.4 Å². The van der Waals surface area contributed by atoms with Crippen LogP contribution in [0.2, 0.25) is 0 Å². The average Bonchev–Trinajstić information content (AvgIpc) is 2.39. The van der Waals surface area contributed by atoms with Crippen LogP contribution in [0, 0.1) is 12.7 Å². The molecule has 0 saturated carbocycles. The van der Waals surface area contributed by atoms with Crippen LogP contribution in [0.15, 0.2) is 46.9 Å². The summed E-state index contributed by atoms with van der Waals surface area (Å²) < 4.78 is 14.5. The Morgan fingerprint density at radius 3 is 2.68 bits per heavy atom. The first-order chi connectivity index (χ1) is 9.11. The molecule has 0 aliphatic heterocycles. The lowest BCUT2D eigenvalue weighted by Crippen LogP contribution is -2.22. The molecular weight excluding hydrogens is 305 g/mol. The molecule has 0 heterocycles. The first-order valence-corrected chi connectivity index (χ1v) is 7.16. The van der Waals surface area contributed by atoms with Gasteiger partial charge in [0.2, 0.25) is 0 Å². The highest BCUT2D eigenvalue weighted by Crippen LogP contribution is 2.29. The molecule has 2 aromatic carbocycles. The number of nitrogens with one attached hydrogen (secondary N) is 1. The van der Waals surface area contributed by atoms with Crippen LogP contribution in [0.3, 0.4) is 0 Å². The second-order valence-corrected chi connectivity index (χ2v) is 5.42. The van der Waals surface area contributed by atoms with E-state index in [1.54, 1.807) is 12.1 Å². The highest BCUT2D eigenvalue weighted by Gasteiger charge is 2.16. The van der Waals surface area contributed by atoms with Crippen LogP contribution in [-0.2, 0) is 0 Å². The van der Waals surface area contributed by atoms with Crippen LogP contribution in [-0.4, -0.2) is 6.54 Å². The van der Waals surface area contributed by atoms with E-state index in [1.807, 2.05) is 12.1 Å². The quantitative estimate of drug-likeness (QED) is 0.868. The molecule has 1 atom stereocenters. The Hall–Kier alpha value is -1.19. The Kier molecular flexibility index (Phi) is 4.72. The summed E-state index contributed by atoms with van der Waals surface area (Å²) in [6, 6.07) is 13.0. The van der Waals surface area contributed by atoms with Gasteiger partial charge in [-0.3, -0.25) is 0 Å². The van der Waals surface area contributed by atoms with Gasteiger partial charge in [0.15, 0.2) is 0 Å². The zero-order valence-corrected chi connectivity index (χ0v) is 12.7. The Morgan fingerprint density at radius 1 is 1.21 bits per heavy atom. The molecule has 0 fully saturated rings. The average molecular weight is 322 g/mol. The number of hydrogen-bond acceptors (Lipinski definition) is 1. The van der Waals surface area contributed by atoms with Crippen molar-refractivity contribution in [3.63, 3.8) is 0 Å². The second kappa shape index (κ2) is 6.31. The highest BCUT2D eigenvalue weighted by molar-refractivity contribution is 9.10. The van der Waals surface area contributed by atoms with E-state index >= 15 is 0 Å². The van der Waals surface area contributed by atoms with Gasteiger partial charge in [0.05, 0.1) is 6.04 Å². The molecule has 0 aromatic heterocycles. The van der Waals surface area contributed by atoms with Gasteiger partial charge >= 0.3 is 0 Å². The molecule has 19 heavy (non-hydrogen) atoms. The van der Waals surface area contributed by atoms with Gasteiger partial charge in [-0.15, -0.1) is 0 Å². The number of rotatable bonds is 4. The van der Waals surface area contributed by atoms with Gasteiger partial charge in [0.1, 0.15) is 5.82 Å².